The highest BCUT2D eigenvalue weighted by atomic mass is 14.9. The summed E-state index contributed by atoms with van der Waals surface area (Å²) >= 11 is 0. The van der Waals surface area contributed by atoms with E-state index < -0.39 is 0 Å². The van der Waals surface area contributed by atoms with Crippen LogP contribution in [0.3, 0.4) is 0 Å². The summed E-state index contributed by atoms with van der Waals surface area (Å²) in [4.78, 5) is 7.67. The average molecular weight is 263 g/mol. The van der Waals surface area contributed by atoms with Gasteiger partial charge in [-0.15, -0.1) is 0 Å². The fraction of sp³-hybridized carbons (Fsp3) is 0.235. The lowest BCUT2D eigenvalue weighted by Crippen LogP contribution is -2.16. The highest BCUT2D eigenvalue weighted by molar-refractivity contribution is 5.89. The van der Waals surface area contributed by atoms with Crippen molar-refractivity contribution in [3.63, 3.8) is 0 Å². The van der Waals surface area contributed by atoms with Gasteiger partial charge in [-0.2, -0.15) is 0 Å². The van der Waals surface area contributed by atoms with Gasteiger partial charge in [-0.25, -0.2) is 0 Å². The van der Waals surface area contributed by atoms with E-state index >= 15 is 0 Å². The number of aromatic nitrogens is 2. The molecule has 3 heteroatoms. The molecule has 0 radical (unpaired) electrons. The van der Waals surface area contributed by atoms with Gasteiger partial charge in [-0.1, -0.05) is 6.07 Å². The Bertz CT molecular complexity index is 744. The molecule has 3 heterocycles. The molecule has 0 fully saturated rings. The first-order valence-electron chi connectivity index (χ1n) is 7.16. The molecule has 1 aromatic carbocycles. The molecule has 2 N–H and O–H groups in total. The van der Waals surface area contributed by atoms with Crippen LogP contribution in [0, 0.1) is 0 Å². The summed E-state index contributed by atoms with van der Waals surface area (Å²) in [6.07, 6.45) is 5.89. The number of pyridine rings is 1. The van der Waals surface area contributed by atoms with Crippen LogP contribution in [0.2, 0.25) is 0 Å². The minimum Gasteiger partial charge on any atom is -0.358 e. The maximum atomic E-state index is 4.09. The first-order valence-corrected chi connectivity index (χ1v) is 7.16. The van der Waals surface area contributed by atoms with E-state index in [-0.39, 0.29) is 0 Å². The monoisotopic (exact) mass is 263 g/mol. The van der Waals surface area contributed by atoms with E-state index in [1.165, 1.54) is 33.3 Å². The lowest BCUT2D eigenvalue weighted by molar-refractivity contribution is 0.708. The van der Waals surface area contributed by atoms with E-state index in [4.69, 9.17) is 0 Å². The van der Waals surface area contributed by atoms with E-state index in [0.717, 1.165) is 25.9 Å². The molecule has 1 aliphatic rings. The van der Waals surface area contributed by atoms with Crippen molar-refractivity contribution in [1.82, 2.24) is 15.3 Å². The third-order valence-electron chi connectivity index (χ3n) is 4.11. The minimum atomic E-state index is 1.07. The maximum Gasteiger partial charge on any atom is 0.0459 e. The van der Waals surface area contributed by atoms with Crippen LogP contribution in [0.4, 0.5) is 0 Å². The molecule has 4 rings (SSSR count). The molecule has 20 heavy (non-hydrogen) atoms. The van der Waals surface area contributed by atoms with E-state index in [0.29, 0.717) is 0 Å². The molecule has 3 aromatic rings. The van der Waals surface area contributed by atoms with Crippen LogP contribution in [-0.2, 0) is 12.8 Å². The van der Waals surface area contributed by atoms with Crippen molar-refractivity contribution in [2.24, 2.45) is 0 Å². The molecule has 0 saturated heterocycles. The van der Waals surface area contributed by atoms with E-state index in [1.54, 1.807) is 0 Å². The van der Waals surface area contributed by atoms with Crippen molar-refractivity contribution in [3.05, 3.63) is 54.0 Å². The molecule has 0 saturated carbocycles. The van der Waals surface area contributed by atoms with Crippen LogP contribution in [0.25, 0.3) is 22.0 Å². The standard InChI is InChI=1S/C17H17N3/c1-2-16-15(11-13(1)12-3-7-18-8-4-12)14-5-9-19-10-6-17(14)20-16/h1-4,7-8,11,19-20H,5-6,9-10H2. The van der Waals surface area contributed by atoms with Gasteiger partial charge in [0.15, 0.2) is 0 Å². The second-order valence-corrected chi connectivity index (χ2v) is 5.33. The normalized spacial score (nSPS) is 15.0. The predicted molar refractivity (Wildman–Crippen MR) is 81.8 cm³/mol. The quantitative estimate of drug-likeness (QED) is 0.708. The Morgan fingerprint density at radius 2 is 1.75 bits per heavy atom. The van der Waals surface area contributed by atoms with E-state index in [9.17, 15) is 0 Å². The van der Waals surface area contributed by atoms with Crippen LogP contribution in [0.1, 0.15) is 11.3 Å². The van der Waals surface area contributed by atoms with Crippen LogP contribution in [0.5, 0.6) is 0 Å². The van der Waals surface area contributed by atoms with Gasteiger partial charge in [-0.3, -0.25) is 4.98 Å². The van der Waals surface area contributed by atoms with Crippen LogP contribution < -0.4 is 5.32 Å². The van der Waals surface area contributed by atoms with Crippen LogP contribution >= 0.6 is 0 Å². The molecule has 0 spiro atoms. The topological polar surface area (TPSA) is 40.7 Å². The van der Waals surface area contributed by atoms with Gasteiger partial charge in [0, 0.05) is 42.0 Å². The zero-order valence-corrected chi connectivity index (χ0v) is 11.3. The molecule has 0 atom stereocenters. The summed E-state index contributed by atoms with van der Waals surface area (Å²) in [6, 6.07) is 10.8. The molecule has 1 aliphatic heterocycles. The Morgan fingerprint density at radius 3 is 2.65 bits per heavy atom. The summed E-state index contributed by atoms with van der Waals surface area (Å²) in [7, 11) is 0. The molecular weight excluding hydrogens is 246 g/mol. The van der Waals surface area contributed by atoms with E-state index in [2.05, 4.69) is 45.6 Å². The smallest absolute Gasteiger partial charge is 0.0459 e. The van der Waals surface area contributed by atoms with Gasteiger partial charge in [0.1, 0.15) is 0 Å². The van der Waals surface area contributed by atoms with Crippen molar-refractivity contribution in [3.8, 4) is 11.1 Å². The van der Waals surface area contributed by atoms with Crippen LogP contribution in [0.15, 0.2) is 42.7 Å². The summed E-state index contributed by atoms with van der Waals surface area (Å²) in [5.74, 6) is 0. The Kier molecular flexibility index (Phi) is 2.78. The van der Waals surface area contributed by atoms with E-state index in [1.807, 2.05) is 12.4 Å². The lowest BCUT2D eigenvalue weighted by Gasteiger charge is -2.03. The third kappa shape index (κ3) is 1.91. The molecule has 100 valence electrons. The summed E-state index contributed by atoms with van der Waals surface area (Å²) < 4.78 is 0. The summed E-state index contributed by atoms with van der Waals surface area (Å²) in [5.41, 5.74) is 6.63. The van der Waals surface area contributed by atoms with Gasteiger partial charge in [0.05, 0.1) is 0 Å². The molecular formula is C17H17N3. The van der Waals surface area contributed by atoms with Gasteiger partial charge in [-0.05, 0) is 53.9 Å². The second kappa shape index (κ2) is 4.76. The second-order valence-electron chi connectivity index (χ2n) is 5.33. The minimum absolute atomic E-state index is 1.07. The van der Waals surface area contributed by atoms with Crippen molar-refractivity contribution in [1.29, 1.82) is 0 Å². The Morgan fingerprint density at radius 1 is 0.900 bits per heavy atom. The largest absolute Gasteiger partial charge is 0.358 e. The lowest BCUT2D eigenvalue weighted by atomic mass is 10.0. The van der Waals surface area contributed by atoms with Crippen molar-refractivity contribution in [2.45, 2.75) is 12.8 Å². The molecule has 0 bridgehead atoms. The van der Waals surface area contributed by atoms with Crippen LogP contribution in [-0.4, -0.2) is 23.1 Å². The zero-order valence-electron chi connectivity index (χ0n) is 11.3. The number of rotatable bonds is 1. The third-order valence-corrected chi connectivity index (χ3v) is 4.11. The number of hydrogen-bond donors (Lipinski definition) is 2. The number of H-pyrrole nitrogens is 1. The highest BCUT2D eigenvalue weighted by Crippen LogP contribution is 2.29. The number of fused-ring (bicyclic) bond motifs is 3. The summed E-state index contributed by atoms with van der Waals surface area (Å²) in [5, 5.41) is 4.84. The van der Waals surface area contributed by atoms with Crippen molar-refractivity contribution >= 4 is 10.9 Å². The summed E-state index contributed by atoms with van der Waals surface area (Å²) in [6.45, 7) is 2.14. The van der Waals surface area contributed by atoms with Gasteiger partial charge < -0.3 is 10.3 Å². The van der Waals surface area contributed by atoms with Gasteiger partial charge in [0.25, 0.3) is 0 Å². The number of benzene rings is 1. The molecule has 0 amide bonds. The number of hydrogen-bond acceptors (Lipinski definition) is 2. The van der Waals surface area contributed by atoms with Gasteiger partial charge in [0.2, 0.25) is 0 Å². The molecule has 2 aromatic heterocycles. The first kappa shape index (κ1) is 11.7. The Labute approximate surface area is 118 Å². The fourth-order valence-electron chi connectivity index (χ4n) is 3.08. The van der Waals surface area contributed by atoms with Crippen molar-refractivity contribution < 1.29 is 0 Å². The average Bonchev–Trinajstić information content (AvgIpc) is 2.69. The SMILES string of the molecule is c1cc(-c2ccc3[nH]c4c(c3c2)CCNCC4)ccn1. The first-order chi connectivity index (χ1) is 9.92. The molecule has 0 aliphatic carbocycles. The Hall–Kier alpha value is -2.13. The number of aromatic amines is 1. The van der Waals surface area contributed by atoms with Gasteiger partial charge >= 0.3 is 0 Å². The Balaban J connectivity index is 1.88. The zero-order chi connectivity index (χ0) is 13.4. The number of nitrogens with zero attached hydrogens (tertiary/aromatic N) is 1. The van der Waals surface area contributed by atoms with Crippen molar-refractivity contribution in [2.75, 3.05) is 13.1 Å². The predicted octanol–water partition coefficient (Wildman–Crippen LogP) is 2.92. The molecule has 0 unspecified atom stereocenters. The fourth-order valence-corrected chi connectivity index (χ4v) is 3.08. The molecule has 3 nitrogen and oxygen atoms in total. The maximum absolute atomic E-state index is 4.09. The number of nitrogens with one attached hydrogen (secondary N) is 2. The highest BCUT2D eigenvalue weighted by Gasteiger charge is 2.14.